The number of nitrogens with one attached hydrogen (secondary N) is 1. The number of phenolic OH excluding ortho intramolecular Hbond substituents is 1. The summed E-state index contributed by atoms with van der Waals surface area (Å²) in [7, 11) is 0. The van der Waals surface area contributed by atoms with Gasteiger partial charge in [0.15, 0.2) is 6.10 Å². The monoisotopic (exact) mass is 303 g/mol. The van der Waals surface area contributed by atoms with E-state index in [2.05, 4.69) is 5.32 Å². The van der Waals surface area contributed by atoms with Gasteiger partial charge < -0.3 is 15.2 Å². The molecule has 1 aliphatic heterocycles. The molecule has 1 unspecified atom stereocenters. The van der Waals surface area contributed by atoms with Gasteiger partial charge in [-0.3, -0.25) is 4.79 Å². The second-order valence-corrected chi connectivity index (χ2v) is 5.47. The normalized spacial score (nSPS) is 16.9. The number of benzene rings is 2. The molecule has 0 fully saturated rings. The first-order valence-electron chi connectivity index (χ1n) is 6.58. The van der Waals surface area contributed by atoms with Gasteiger partial charge in [-0.2, -0.15) is 0 Å². The number of hydrogen-bond donors (Lipinski definition) is 2. The van der Waals surface area contributed by atoms with Crippen molar-refractivity contribution in [3.8, 4) is 11.5 Å². The van der Waals surface area contributed by atoms with Crippen LogP contribution in [0.5, 0.6) is 11.5 Å². The van der Waals surface area contributed by atoms with Crippen LogP contribution < -0.4 is 10.1 Å². The topological polar surface area (TPSA) is 58.6 Å². The number of anilines is 1. The Balaban J connectivity index is 1.82. The van der Waals surface area contributed by atoms with Gasteiger partial charge in [-0.1, -0.05) is 23.7 Å². The Hall–Kier alpha value is -2.20. The van der Waals surface area contributed by atoms with E-state index >= 15 is 0 Å². The third-order valence-electron chi connectivity index (χ3n) is 3.44. The highest BCUT2D eigenvalue weighted by molar-refractivity contribution is 6.31. The van der Waals surface area contributed by atoms with Gasteiger partial charge in [0.25, 0.3) is 5.91 Å². The molecule has 0 aliphatic carbocycles. The van der Waals surface area contributed by atoms with Crippen LogP contribution in [0.4, 0.5) is 5.69 Å². The van der Waals surface area contributed by atoms with E-state index in [-0.39, 0.29) is 11.7 Å². The summed E-state index contributed by atoms with van der Waals surface area (Å²) < 4.78 is 5.71. The number of ether oxygens (including phenoxy) is 1. The Morgan fingerprint density at radius 1 is 1.29 bits per heavy atom. The summed E-state index contributed by atoms with van der Waals surface area (Å²) in [5.41, 5.74) is 2.42. The molecule has 2 N–H and O–H groups in total. The summed E-state index contributed by atoms with van der Waals surface area (Å²) in [6.45, 7) is 1.93. The molecule has 0 saturated carbocycles. The quantitative estimate of drug-likeness (QED) is 0.895. The van der Waals surface area contributed by atoms with Gasteiger partial charge in [-0.15, -0.1) is 0 Å². The minimum absolute atomic E-state index is 0.0846. The van der Waals surface area contributed by atoms with Crippen molar-refractivity contribution in [2.24, 2.45) is 0 Å². The first-order chi connectivity index (χ1) is 10.0. The van der Waals surface area contributed by atoms with Gasteiger partial charge in [0.05, 0.1) is 5.69 Å². The van der Waals surface area contributed by atoms with Gasteiger partial charge in [0.1, 0.15) is 11.5 Å². The maximum atomic E-state index is 12.1. The summed E-state index contributed by atoms with van der Waals surface area (Å²) in [6, 6.07) is 10.3. The average Bonchev–Trinajstić information content (AvgIpc) is 2.44. The van der Waals surface area contributed by atoms with Crippen molar-refractivity contribution >= 4 is 23.2 Å². The van der Waals surface area contributed by atoms with Crippen molar-refractivity contribution in [3.63, 3.8) is 0 Å². The van der Waals surface area contributed by atoms with Crippen molar-refractivity contribution in [2.45, 2.75) is 19.4 Å². The summed E-state index contributed by atoms with van der Waals surface area (Å²) in [5, 5.41) is 12.8. The molecular weight excluding hydrogens is 290 g/mol. The number of carbonyl (C=O) groups is 1. The molecule has 0 spiro atoms. The molecule has 1 amide bonds. The van der Waals surface area contributed by atoms with Crippen molar-refractivity contribution in [2.75, 3.05) is 5.32 Å². The molecule has 0 radical (unpaired) electrons. The molecule has 1 heterocycles. The fraction of sp³-hybridized carbons (Fsp3) is 0.188. The molecule has 2 aromatic rings. The second-order valence-electron chi connectivity index (χ2n) is 5.06. The Bertz CT molecular complexity index is 715. The number of hydrogen-bond acceptors (Lipinski definition) is 3. The van der Waals surface area contributed by atoms with Crippen LogP contribution in [-0.4, -0.2) is 17.1 Å². The van der Waals surface area contributed by atoms with E-state index in [1.54, 1.807) is 6.07 Å². The SMILES string of the molecule is Cc1ccc(CC2Oc3ccc(O)cc3NC2=O)cc1Cl. The molecule has 21 heavy (non-hydrogen) atoms. The van der Waals surface area contributed by atoms with Crippen LogP contribution in [0.15, 0.2) is 36.4 Å². The molecule has 2 aromatic carbocycles. The van der Waals surface area contributed by atoms with E-state index in [0.717, 1.165) is 11.1 Å². The molecule has 3 rings (SSSR count). The maximum absolute atomic E-state index is 12.1. The largest absolute Gasteiger partial charge is 0.508 e. The lowest BCUT2D eigenvalue weighted by Gasteiger charge is -2.26. The minimum Gasteiger partial charge on any atom is -0.508 e. The molecule has 108 valence electrons. The number of rotatable bonds is 2. The zero-order chi connectivity index (χ0) is 15.0. The van der Waals surface area contributed by atoms with Gasteiger partial charge in [0.2, 0.25) is 0 Å². The van der Waals surface area contributed by atoms with E-state index in [1.165, 1.54) is 12.1 Å². The highest BCUT2D eigenvalue weighted by Crippen LogP contribution is 2.33. The minimum atomic E-state index is -0.610. The molecule has 1 atom stereocenters. The van der Waals surface area contributed by atoms with Crippen LogP contribution in [-0.2, 0) is 11.2 Å². The fourth-order valence-electron chi connectivity index (χ4n) is 2.25. The number of phenols is 1. The third-order valence-corrected chi connectivity index (χ3v) is 3.85. The van der Waals surface area contributed by atoms with Gasteiger partial charge in [-0.05, 0) is 36.2 Å². The van der Waals surface area contributed by atoms with Crippen LogP contribution in [0, 0.1) is 6.92 Å². The predicted molar refractivity (Wildman–Crippen MR) is 81.0 cm³/mol. The predicted octanol–water partition coefficient (Wildman–Crippen LogP) is 3.30. The van der Waals surface area contributed by atoms with E-state index in [4.69, 9.17) is 16.3 Å². The number of fused-ring (bicyclic) bond motifs is 1. The number of carbonyl (C=O) groups excluding carboxylic acids is 1. The lowest BCUT2D eigenvalue weighted by atomic mass is 10.0. The molecule has 0 aromatic heterocycles. The fourth-order valence-corrected chi connectivity index (χ4v) is 2.45. The molecule has 5 heteroatoms. The van der Waals surface area contributed by atoms with E-state index in [9.17, 15) is 9.90 Å². The van der Waals surface area contributed by atoms with Crippen LogP contribution in [0.1, 0.15) is 11.1 Å². The highest BCUT2D eigenvalue weighted by Gasteiger charge is 2.28. The van der Waals surface area contributed by atoms with Gasteiger partial charge >= 0.3 is 0 Å². The Kier molecular flexibility index (Phi) is 3.47. The smallest absolute Gasteiger partial charge is 0.265 e. The number of halogens is 1. The van der Waals surface area contributed by atoms with Crippen molar-refractivity contribution in [1.29, 1.82) is 0 Å². The third kappa shape index (κ3) is 2.81. The Morgan fingerprint density at radius 3 is 2.86 bits per heavy atom. The molecule has 4 nitrogen and oxygen atoms in total. The first kappa shape index (κ1) is 13.8. The van der Waals surface area contributed by atoms with E-state index in [1.807, 2.05) is 25.1 Å². The Morgan fingerprint density at radius 2 is 2.10 bits per heavy atom. The van der Waals surface area contributed by atoms with Crippen LogP contribution in [0.3, 0.4) is 0 Å². The van der Waals surface area contributed by atoms with Gasteiger partial charge in [-0.25, -0.2) is 0 Å². The summed E-state index contributed by atoms with van der Waals surface area (Å²) in [6.07, 6.45) is -0.174. The standard InChI is InChI=1S/C16H14ClNO3/c1-9-2-3-10(6-12(9)17)7-15-16(20)18-13-8-11(19)4-5-14(13)21-15/h2-6,8,15,19H,7H2,1H3,(H,18,20). The molecule has 1 aliphatic rings. The number of aromatic hydroxyl groups is 1. The zero-order valence-corrected chi connectivity index (χ0v) is 12.1. The summed E-state index contributed by atoms with van der Waals surface area (Å²) in [4.78, 5) is 12.1. The first-order valence-corrected chi connectivity index (χ1v) is 6.96. The lowest BCUT2D eigenvalue weighted by Crippen LogP contribution is -2.38. The van der Waals surface area contributed by atoms with Crippen molar-refractivity contribution in [3.05, 3.63) is 52.5 Å². The second kappa shape index (κ2) is 5.30. The summed E-state index contributed by atoms with van der Waals surface area (Å²) >= 11 is 6.10. The Labute approximate surface area is 127 Å². The molecule has 0 bridgehead atoms. The van der Waals surface area contributed by atoms with Crippen molar-refractivity contribution in [1.82, 2.24) is 0 Å². The van der Waals surface area contributed by atoms with E-state index < -0.39 is 6.10 Å². The summed E-state index contributed by atoms with van der Waals surface area (Å²) in [5.74, 6) is 0.404. The average molecular weight is 304 g/mol. The zero-order valence-electron chi connectivity index (χ0n) is 11.4. The van der Waals surface area contributed by atoms with Crippen LogP contribution in [0.25, 0.3) is 0 Å². The van der Waals surface area contributed by atoms with E-state index in [0.29, 0.717) is 22.9 Å². The maximum Gasteiger partial charge on any atom is 0.265 e. The number of amides is 1. The number of aryl methyl sites for hydroxylation is 1. The molecular formula is C16H14ClNO3. The van der Waals surface area contributed by atoms with Gasteiger partial charge in [0, 0.05) is 17.5 Å². The lowest BCUT2D eigenvalue weighted by molar-refractivity contribution is -0.123. The highest BCUT2D eigenvalue weighted by atomic mass is 35.5. The van der Waals surface area contributed by atoms with Crippen molar-refractivity contribution < 1.29 is 14.6 Å². The van der Waals surface area contributed by atoms with Crippen LogP contribution in [0.2, 0.25) is 5.02 Å². The van der Waals surface area contributed by atoms with Crippen LogP contribution >= 0.6 is 11.6 Å². The molecule has 0 saturated heterocycles.